The molecule has 3 heteroatoms. The minimum Gasteiger partial charge on any atom is -0.383 e. The normalized spacial score (nSPS) is 18.1. The number of hydrogen-bond donors (Lipinski definition) is 1. The van der Waals surface area contributed by atoms with Crippen molar-refractivity contribution in [1.29, 1.82) is 0 Å². The molecule has 1 aliphatic heterocycles. The number of ether oxygens (including phenoxy) is 1. The van der Waals surface area contributed by atoms with E-state index in [9.17, 15) is 0 Å². The van der Waals surface area contributed by atoms with Gasteiger partial charge in [0.05, 0.1) is 6.61 Å². The fraction of sp³-hybridized carbons (Fsp3) is 0.625. The maximum absolute atomic E-state index is 5.22. The molecule has 0 spiro atoms. The van der Waals surface area contributed by atoms with Gasteiger partial charge in [-0.05, 0) is 57.4 Å². The van der Waals surface area contributed by atoms with Crippen LogP contribution in [0.1, 0.15) is 32.8 Å². The Hall–Kier alpha value is -1.22. The Bertz CT molecular complexity index is 417. The highest BCUT2D eigenvalue weighted by molar-refractivity contribution is 5.62. The van der Waals surface area contributed by atoms with Crippen molar-refractivity contribution in [2.75, 3.05) is 30.5 Å². The molecule has 0 radical (unpaired) electrons. The van der Waals surface area contributed by atoms with Crippen molar-refractivity contribution in [3.8, 4) is 0 Å². The van der Waals surface area contributed by atoms with E-state index in [0.717, 1.165) is 13.2 Å². The van der Waals surface area contributed by atoms with Gasteiger partial charge < -0.3 is 15.0 Å². The Balaban J connectivity index is 2.19. The second-order valence-corrected chi connectivity index (χ2v) is 5.71. The molecule has 0 aliphatic carbocycles. The standard InChI is InChI=1S/C16H26N2O/c1-12(2)18(9-10-19-4)15-7-8-16-14(11-15)6-5-13(3)17-16/h7-8,11-13,17H,5-6,9-10H2,1-4H3. The van der Waals surface area contributed by atoms with Crippen LogP contribution in [0.2, 0.25) is 0 Å². The van der Waals surface area contributed by atoms with Gasteiger partial charge in [-0.1, -0.05) is 0 Å². The van der Waals surface area contributed by atoms with Gasteiger partial charge in [-0.25, -0.2) is 0 Å². The maximum atomic E-state index is 5.22. The molecule has 0 fully saturated rings. The third kappa shape index (κ3) is 3.41. The van der Waals surface area contributed by atoms with E-state index in [1.165, 1.54) is 29.8 Å². The van der Waals surface area contributed by atoms with Crippen molar-refractivity contribution in [1.82, 2.24) is 0 Å². The highest BCUT2D eigenvalue weighted by atomic mass is 16.5. The summed E-state index contributed by atoms with van der Waals surface area (Å²) in [6, 6.07) is 7.86. The molecule has 0 bridgehead atoms. The number of aryl methyl sites for hydroxylation is 1. The second-order valence-electron chi connectivity index (χ2n) is 5.71. The topological polar surface area (TPSA) is 24.5 Å². The van der Waals surface area contributed by atoms with Crippen LogP contribution in [0.4, 0.5) is 11.4 Å². The largest absolute Gasteiger partial charge is 0.383 e. The molecule has 1 heterocycles. The Labute approximate surface area is 116 Å². The van der Waals surface area contributed by atoms with Crippen molar-refractivity contribution in [3.63, 3.8) is 0 Å². The summed E-state index contributed by atoms with van der Waals surface area (Å²) in [7, 11) is 1.76. The first-order chi connectivity index (χ1) is 9.11. The van der Waals surface area contributed by atoms with Gasteiger partial charge in [-0.2, -0.15) is 0 Å². The zero-order valence-corrected chi connectivity index (χ0v) is 12.6. The molecule has 3 nitrogen and oxygen atoms in total. The molecule has 1 N–H and O–H groups in total. The monoisotopic (exact) mass is 262 g/mol. The average molecular weight is 262 g/mol. The van der Waals surface area contributed by atoms with Gasteiger partial charge in [0.1, 0.15) is 0 Å². The molecule has 2 rings (SSSR count). The molecule has 1 unspecified atom stereocenters. The summed E-state index contributed by atoms with van der Waals surface area (Å²) in [6.07, 6.45) is 2.39. The van der Waals surface area contributed by atoms with Gasteiger partial charge in [0.2, 0.25) is 0 Å². The van der Waals surface area contributed by atoms with E-state index in [2.05, 4.69) is 49.2 Å². The predicted octanol–water partition coefficient (Wildman–Crippen LogP) is 3.29. The van der Waals surface area contributed by atoms with E-state index in [-0.39, 0.29) is 0 Å². The number of methoxy groups -OCH3 is 1. The molecule has 1 aromatic rings. The molecule has 1 aromatic carbocycles. The van der Waals surface area contributed by atoms with Crippen LogP contribution in [0.25, 0.3) is 0 Å². The summed E-state index contributed by atoms with van der Waals surface area (Å²) in [5.41, 5.74) is 4.05. The Morgan fingerprint density at radius 1 is 1.42 bits per heavy atom. The van der Waals surface area contributed by atoms with Gasteiger partial charge in [0.25, 0.3) is 0 Å². The third-order valence-electron chi connectivity index (χ3n) is 3.83. The molecule has 106 valence electrons. The lowest BCUT2D eigenvalue weighted by atomic mass is 9.98. The van der Waals surface area contributed by atoms with Crippen LogP contribution in [0, 0.1) is 0 Å². The van der Waals surface area contributed by atoms with Crippen molar-refractivity contribution in [2.24, 2.45) is 0 Å². The number of anilines is 2. The lowest BCUT2D eigenvalue weighted by molar-refractivity contribution is 0.204. The first-order valence-corrected chi connectivity index (χ1v) is 7.27. The Kier molecular flexibility index (Phi) is 4.70. The number of rotatable bonds is 5. The number of hydrogen-bond acceptors (Lipinski definition) is 3. The highest BCUT2D eigenvalue weighted by Gasteiger charge is 2.17. The van der Waals surface area contributed by atoms with Crippen molar-refractivity contribution in [3.05, 3.63) is 23.8 Å². The van der Waals surface area contributed by atoms with E-state index in [1.54, 1.807) is 7.11 Å². The number of nitrogens with one attached hydrogen (secondary N) is 1. The highest BCUT2D eigenvalue weighted by Crippen LogP contribution is 2.29. The van der Waals surface area contributed by atoms with Crippen LogP contribution in [0.3, 0.4) is 0 Å². The third-order valence-corrected chi connectivity index (χ3v) is 3.83. The molecule has 0 amide bonds. The summed E-state index contributed by atoms with van der Waals surface area (Å²) < 4.78 is 5.22. The molecule has 0 saturated heterocycles. The summed E-state index contributed by atoms with van der Waals surface area (Å²) >= 11 is 0. The van der Waals surface area contributed by atoms with Gasteiger partial charge >= 0.3 is 0 Å². The summed E-state index contributed by atoms with van der Waals surface area (Å²) in [5, 5.41) is 3.56. The number of benzene rings is 1. The zero-order valence-electron chi connectivity index (χ0n) is 12.6. The van der Waals surface area contributed by atoms with Crippen LogP contribution in [-0.2, 0) is 11.2 Å². The number of nitrogens with zero attached hydrogens (tertiary/aromatic N) is 1. The smallest absolute Gasteiger partial charge is 0.0637 e. The molecule has 1 atom stereocenters. The summed E-state index contributed by atoms with van der Waals surface area (Å²) in [6.45, 7) is 8.42. The van der Waals surface area contributed by atoms with Crippen LogP contribution in [-0.4, -0.2) is 32.3 Å². The SMILES string of the molecule is COCCN(c1ccc2c(c1)CCC(C)N2)C(C)C. The van der Waals surface area contributed by atoms with Crippen molar-refractivity contribution in [2.45, 2.75) is 45.7 Å². The van der Waals surface area contributed by atoms with Gasteiger partial charge in [-0.15, -0.1) is 0 Å². The minimum absolute atomic E-state index is 0.490. The predicted molar refractivity (Wildman–Crippen MR) is 82.2 cm³/mol. The zero-order chi connectivity index (χ0) is 13.8. The fourth-order valence-corrected chi connectivity index (χ4v) is 2.69. The van der Waals surface area contributed by atoms with Crippen molar-refractivity contribution >= 4 is 11.4 Å². The average Bonchev–Trinajstić information content (AvgIpc) is 2.39. The van der Waals surface area contributed by atoms with E-state index < -0.39 is 0 Å². The number of fused-ring (bicyclic) bond motifs is 1. The van der Waals surface area contributed by atoms with Crippen LogP contribution in [0.5, 0.6) is 0 Å². The molecule has 19 heavy (non-hydrogen) atoms. The van der Waals surface area contributed by atoms with Crippen LogP contribution < -0.4 is 10.2 Å². The van der Waals surface area contributed by atoms with E-state index >= 15 is 0 Å². The molecular weight excluding hydrogens is 236 g/mol. The van der Waals surface area contributed by atoms with E-state index in [0.29, 0.717) is 12.1 Å². The van der Waals surface area contributed by atoms with Gasteiger partial charge in [-0.3, -0.25) is 0 Å². The quantitative estimate of drug-likeness (QED) is 0.881. The summed E-state index contributed by atoms with van der Waals surface area (Å²) in [4.78, 5) is 2.40. The van der Waals surface area contributed by atoms with Crippen molar-refractivity contribution < 1.29 is 4.74 Å². The molecule has 1 aliphatic rings. The van der Waals surface area contributed by atoms with E-state index in [4.69, 9.17) is 4.74 Å². The Morgan fingerprint density at radius 2 is 2.21 bits per heavy atom. The minimum atomic E-state index is 0.490. The van der Waals surface area contributed by atoms with Gasteiger partial charge in [0, 0.05) is 37.1 Å². The fourth-order valence-electron chi connectivity index (χ4n) is 2.69. The van der Waals surface area contributed by atoms with Crippen LogP contribution >= 0.6 is 0 Å². The lowest BCUT2D eigenvalue weighted by Gasteiger charge is -2.31. The van der Waals surface area contributed by atoms with Gasteiger partial charge in [0.15, 0.2) is 0 Å². The molecule has 0 saturated carbocycles. The molecular formula is C16H26N2O. The second kappa shape index (κ2) is 6.29. The Morgan fingerprint density at radius 3 is 2.89 bits per heavy atom. The van der Waals surface area contributed by atoms with E-state index in [1.807, 2.05) is 0 Å². The maximum Gasteiger partial charge on any atom is 0.0637 e. The molecule has 0 aromatic heterocycles. The summed E-state index contributed by atoms with van der Waals surface area (Å²) in [5.74, 6) is 0. The lowest BCUT2D eigenvalue weighted by Crippen LogP contribution is -2.34. The first kappa shape index (κ1) is 14.2. The first-order valence-electron chi connectivity index (χ1n) is 7.27. The van der Waals surface area contributed by atoms with Crippen LogP contribution in [0.15, 0.2) is 18.2 Å².